The number of rotatable bonds is 3. The Bertz CT molecular complexity index is 768. The van der Waals surface area contributed by atoms with Crippen molar-refractivity contribution in [2.75, 3.05) is 18.4 Å². The van der Waals surface area contributed by atoms with Crippen LogP contribution < -0.4 is 10.9 Å². The van der Waals surface area contributed by atoms with Crippen molar-refractivity contribution in [2.24, 2.45) is 0 Å². The van der Waals surface area contributed by atoms with Crippen LogP contribution in [-0.4, -0.2) is 35.1 Å². The average molecular weight is 302 g/mol. The van der Waals surface area contributed by atoms with Gasteiger partial charge in [0.25, 0.3) is 0 Å². The van der Waals surface area contributed by atoms with Crippen LogP contribution in [0.2, 0.25) is 0 Å². The highest BCUT2D eigenvalue weighted by molar-refractivity contribution is 5.92. The minimum Gasteiger partial charge on any atom is -0.423 e. The lowest BCUT2D eigenvalue weighted by Crippen LogP contribution is -2.22. The molecule has 1 aromatic heterocycles. The first kappa shape index (κ1) is 14.7. The third kappa shape index (κ3) is 3.18. The van der Waals surface area contributed by atoms with Crippen molar-refractivity contribution < 1.29 is 14.3 Å². The molecule has 0 bridgehead atoms. The Kier molecular flexibility index (Phi) is 3.96. The summed E-state index contributed by atoms with van der Waals surface area (Å²) in [7, 11) is 0. The molecule has 0 radical (unpaired) electrons. The lowest BCUT2D eigenvalue weighted by molar-refractivity contribution is -0.114. The molecular formula is C16H18N2O4. The third-order valence-corrected chi connectivity index (χ3v) is 3.79. The SMILES string of the molecule is CC(=O)Nc1ccc2c(CN3CC[C@@H](O)C3)cc(=O)oc2c1. The van der Waals surface area contributed by atoms with Crippen molar-refractivity contribution in [3.05, 3.63) is 40.2 Å². The van der Waals surface area contributed by atoms with E-state index in [1.807, 2.05) is 6.07 Å². The molecule has 6 nitrogen and oxygen atoms in total. The van der Waals surface area contributed by atoms with Gasteiger partial charge in [-0.15, -0.1) is 0 Å². The van der Waals surface area contributed by atoms with Crippen molar-refractivity contribution in [3.8, 4) is 0 Å². The number of nitrogens with zero attached hydrogens (tertiary/aromatic N) is 1. The molecule has 2 N–H and O–H groups in total. The molecule has 0 unspecified atom stereocenters. The monoisotopic (exact) mass is 302 g/mol. The summed E-state index contributed by atoms with van der Waals surface area (Å²) in [5.41, 5.74) is 1.50. The topological polar surface area (TPSA) is 82.8 Å². The molecule has 2 aromatic rings. The number of amides is 1. The standard InChI is InChI=1S/C16H18N2O4/c1-10(19)17-12-2-3-14-11(6-16(21)22-15(14)7-12)8-18-5-4-13(20)9-18/h2-3,6-7,13,20H,4-5,8-9H2,1H3,(H,17,19)/t13-/m1/s1. The van der Waals surface area contributed by atoms with Gasteiger partial charge in [-0.25, -0.2) is 4.79 Å². The Balaban J connectivity index is 1.95. The molecule has 1 aliphatic heterocycles. The maximum absolute atomic E-state index is 11.8. The number of aliphatic hydroxyl groups is 1. The second kappa shape index (κ2) is 5.90. The van der Waals surface area contributed by atoms with Crippen LogP contribution in [0.15, 0.2) is 33.5 Å². The van der Waals surface area contributed by atoms with E-state index in [0.29, 0.717) is 24.4 Å². The maximum Gasteiger partial charge on any atom is 0.336 e. The summed E-state index contributed by atoms with van der Waals surface area (Å²) in [6, 6.07) is 6.77. The molecule has 22 heavy (non-hydrogen) atoms. The molecule has 1 saturated heterocycles. The van der Waals surface area contributed by atoms with Gasteiger partial charge in [0.1, 0.15) is 5.58 Å². The van der Waals surface area contributed by atoms with Crippen molar-refractivity contribution in [1.82, 2.24) is 4.90 Å². The number of hydrogen-bond acceptors (Lipinski definition) is 5. The number of hydrogen-bond donors (Lipinski definition) is 2. The summed E-state index contributed by atoms with van der Waals surface area (Å²) >= 11 is 0. The predicted octanol–water partition coefficient (Wildman–Crippen LogP) is 1.32. The van der Waals surface area contributed by atoms with Crippen molar-refractivity contribution in [1.29, 1.82) is 0 Å². The van der Waals surface area contributed by atoms with E-state index in [4.69, 9.17) is 4.42 Å². The molecule has 0 aliphatic carbocycles. The molecule has 0 spiro atoms. The molecule has 1 amide bonds. The highest BCUT2D eigenvalue weighted by Gasteiger charge is 2.21. The summed E-state index contributed by atoms with van der Waals surface area (Å²) in [6.07, 6.45) is 0.462. The highest BCUT2D eigenvalue weighted by Crippen LogP contribution is 2.23. The van der Waals surface area contributed by atoms with Crippen LogP contribution in [0.3, 0.4) is 0 Å². The van der Waals surface area contributed by atoms with Gasteiger partial charge in [0.15, 0.2) is 0 Å². The van der Waals surface area contributed by atoms with Crippen molar-refractivity contribution in [3.63, 3.8) is 0 Å². The van der Waals surface area contributed by atoms with Gasteiger partial charge in [-0.2, -0.15) is 0 Å². The number of β-amino-alcohol motifs (C(OH)–C–C–N with tert-alkyl or cyclic N) is 1. The van der Waals surface area contributed by atoms with E-state index < -0.39 is 5.63 Å². The van der Waals surface area contributed by atoms with Crippen LogP contribution in [0.1, 0.15) is 18.9 Å². The fourth-order valence-electron chi connectivity index (χ4n) is 2.84. The second-order valence-corrected chi connectivity index (χ2v) is 5.66. The molecule has 1 fully saturated rings. The van der Waals surface area contributed by atoms with E-state index in [2.05, 4.69) is 10.2 Å². The van der Waals surface area contributed by atoms with E-state index in [1.165, 1.54) is 13.0 Å². The second-order valence-electron chi connectivity index (χ2n) is 5.66. The summed E-state index contributed by atoms with van der Waals surface area (Å²) in [4.78, 5) is 25.0. The van der Waals surface area contributed by atoms with Crippen molar-refractivity contribution >= 4 is 22.6 Å². The van der Waals surface area contributed by atoms with Gasteiger partial charge in [0, 0.05) is 49.8 Å². The smallest absolute Gasteiger partial charge is 0.336 e. The van der Waals surface area contributed by atoms with E-state index in [0.717, 1.165) is 23.9 Å². The van der Waals surface area contributed by atoms with E-state index in [-0.39, 0.29) is 12.0 Å². The molecule has 0 saturated carbocycles. The number of carbonyl (C=O) groups excluding carboxylic acids is 1. The van der Waals surface area contributed by atoms with Gasteiger partial charge in [0.2, 0.25) is 5.91 Å². The fraction of sp³-hybridized carbons (Fsp3) is 0.375. The fourth-order valence-corrected chi connectivity index (χ4v) is 2.84. The number of nitrogens with one attached hydrogen (secondary N) is 1. The minimum atomic E-state index is -0.415. The first-order chi connectivity index (χ1) is 10.5. The van der Waals surface area contributed by atoms with Gasteiger partial charge < -0.3 is 14.8 Å². The summed E-state index contributed by atoms with van der Waals surface area (Å²) in [5, 5.41) is 13.1. The Morgan fingerprint density at radius 3 is 2.95 bits per heavy atom. The zero-order valence-electron chi connectivity index (χ0n) is 12.3. The van der Waals surface area contributed by atoms with Crippen LogP contribution in [0.5, 0.6) is 0 Å². The van der Waals surface area contributed by atoms with E-state index >= 15 is 0 Å². The zero-order chi connectivity index (χ0) is 15.7. The normalized spacial score (nSPS) is 18.7. The summed E-state index contributed by atoms with van der Waals surface area (Å²) in [6.45, 7) is 3.45. The molecular weight excluding hydrogens is 284 g/mol. The number of likely N-dealkylation sites (tertiary alicyclic amines) is 1. The van der Waals surface area contributed by atoms with Gasteiger partial charge >= 0.3 is 5.63 Å². The van der Waals surface area contributed by atoms with E-state index in [1.54, 1.807) is 12.1 Å². The van der Waals surface area contributed by atoms with Crippen LogP contribution in [0.4, 0.5) is 5.69 Å². The van der Waals surface area contributed by atoms with Crippen LogP contribution in [0.25, 0.3) is 11.0 Å². The molecule has 1 aromatic carbocycles. The first-order valence-electron chi connectivity index (χ1n) is 7.26. The lowest BCUT2D eigenvalue weighted by Gasteiger charge is -2.16. The average Bonchev–Trinajstić information content (AvgIpc) is 2.82. The first-order valence-corrected chi connectivity index (χ1v) is 7.26. The van der Waals surface area contributed by atoms with Crippen molar-refractivity contribution in [2.45, 2.75) is 26.0 Å². The Labute approximate surface area is 127 Å². The largest absolute Gasteiger partial charge is 0.423 e. The summed E-state index contributed by atoms with van der Waals surface area (Å²) in [5.74, 6) is -0.177. The number of aliphatic hydroxyl groups excluding tert-OH is 1. The van der Waals surface area contributed by atoms with Gasteiger partial charge in [-0.3, -0.25) is 9.69 Å². The number of benzene rings is 1. The zero-order valence-corrected chi connectivity index (χ0v) is 12.3. The molecule has 1 atom stereocenters. The molecule has 1 aliphatic rings. The number of anilines is 1. The van der Waals surface area contributed by atoms with E-state index in [9.17, 15) is 14.7 Å². The number of carbonyl (C=O) groups is 1. The predicted molar refractivity (Wildman–Crippen MR) is 82.7 cm³/mol. The maximum atomic E-state index is 11.8. The molecule has 6 heteroatoms. The molecule has 2 heterocycles. The van der Waals surface area contributed by atoms with Gasteiger partial charge in [0.05, 0.1) is 6.10 Å². The van der Waals surface area contributed by atoms with Crippen LogP contribution in [-0.2, 0) is 11.3 Å². The molecule has 3 rings (SSSR count). The van der Waals surface area contributed by atoms with Crippen LogP contribution >= 0.6 is 0 Å². The number of fused-ring (bicyclic) bond motifs is 1. The Hall–Kier alpha value is -2.18. The van der Waals surface area contributed by atoms with Gasteiger partial charge in [-0.05, 0) is 24.1 Å². The van der Waals surface area contributed by atoms with Crippen LogP contribution in [0, 0.1) is 0 Å². The Morgan fingerprint density at radius 1 is 1.45 bits per heavy atom. The molecule has 116 valence electrons. The highest BCUT2D eigenvalue weighted by atomic mass is 16.4. The third-order valence-electron chi connectivity index (χ3n) is 3.79. The van der Waals surface area contributed by atoms with Gasteiger partial charge in [-0.1, -0.05) is 0 Å². The lowest BCUT2D eigenvalue weighted by atomic mass is 10.1. The quantitative estimate of drug-likeness (QED) is 0.836. The Morgan fingerprint density at radius 2 is 2.27 bits per heavy atom. The summed E-state index contributed by atoms with van der Waals surface area (Å²) < 4.78 is 5.24. The minimum absolute atomic E-state index is 0.177.